The van der Waals surface area contributed by atoms with E-state index in [2.05, 4.69) is 10.2 Å². The van der Waals surface area contributed by atoms with Crippen molar-refractivity contribution in [3.63, 3.8) is 0 Å². The molecule has 0 saturated carbocycles. The monoisotopic (exact) mass is 468 g/mol. The van der Waals surface area contributed by atoms with Crippen LogP contribution in [0.2, 0.25) is 0 Å². The lowest BCUT2D eigenvalue weighted by Gasteiger charge is -2.30. The Morgan fingerprint density at radius 2 is 1.77 bits per heavy atom. The molecule has 2 aromatic rings. The lowest BCUT2D eigenvalue weighted by atomic mass is 10.1. The first-order valence-corrected chi connectivity index (χ1v) is 14.1. The summed E-state index contributed by atoms with van der Waals surface area (Å²) in [6.45, 7) is 8.07. The number of nitrogens with zero attached hydrogens (tertiary/aromatic N) is 1. The summed E-state index contributed by atoms with van der Waals surface area (Å²) in [6, 6.07) is 9.65. The van der Waals surface area contributed by atoms with E-state index < -0.39 is 31.0 Å². The van der Waals surface area contributed by atoms with Crippen LogP contribution < -0.4 is 5.32 Å². The fraction of sp³-hybridized carbons (Fsp3) is 0.545. The maximum atomic E-state index is 13.3. The van der Waals surface area contributed by atoms with E-state index in [0.29, 0.717) is 6.54 Å². The number of nitrogens with one attached hydrogen (secondary N) is 1. The van der Waals surface area contributed by atoms with Crippen molar-refractivity contribution >= 4 is 19.7 Å². The molecule has 1 N–H and O–H groups in total. The molecule has 1 unspecified atom stereocenters. The number of benzene rings is 1. The van der Waals surface area contributed by atoms with Gasteiger partial charge in [0.1, 0.15) is 5.76 Å². The fourth-order valence-electron chi connectivity index (χ4n) is 4.22. The van der Waals surface area contributed by atoms with E-state index in [1.807, 2.05) is 32.9 Å². The molecule has 0 bridgehead atoms. The summed E-state index contributed by atoms with van der Waals surface area (Å²) < 4.78 is 57.1. The van der Waals surface area contributed by atoms with Gasteiger partial charge in [0.2, 0.25) is 0 Å². The molecular formula is C22H32N2O5S2. The minimum atomic E-state index is -3.80. The topological polar surface area (TPSA) is 96.7 Å². The van der Waals surface area contributed by atoms with Crippen LogP contribution in [0, 0.1) is 0 Å². The van der Waals surface area contributed by atoms with Gasteiger partial charge in [0.25, 0.3) is 0 Å². The molecule has 0 amide bonds. The van der Waals surface area contributed by atoms with E-state index in [9.17, 15) is 16.8 Å². The van der Waals surface area contributed by atoms with Crippen molar-refractivity contribution in [3.8, 4) is 0 Å². The van der Waals surface area contributed by atoms with Crippen LogP contribution in [0.15, 0.2) is 52.0 Å². The highest BCUT2D eigenvalue weighted by Crippen LogP contribution is 2.28. The molecule has 0 aliphatic carbocycles. The van der Waals surface area contributed by atoms with Crippen molar-refractivity contribution in [3.05, 3.63) is 54.0 Å². The standard InChI is InChI=1S/C22H32N2O5S2/c1-4-17-9-11-18(12-10-17)31(27,28)22-16-30(25,26)15-19(22)23-14-20(24(5-2)6-3)21-8-7-13-29-21/h7-13,19-20,22-23H,4-6,14-16H2,1-3H3/t19-,20?,22-/m0/s1. The Hall–Kier alpha value is -1.68. The van der Waals surface area contributed by atoms with Crippen LogP contribution in [0.4, 0.5) is 0 Å². The zero-order valence-electron chi connectivity index (χ0n) is 18.3. The first-order chi connectivity index (χ1) is 14.7. The van der Waals surface area contributed by atoms with Crippen LogP contribution in [0.25, 0.3) is 0 Å². The Balaban J connectivity index is 1.84. The predicted octanol–water partition coefficient (Wildman–Crippen LogP) is 2.45. The Morgan fingerprint density at radius 1 is 1.10 bits per heavy atom. The average Bonchev–Trinajstić information content (AvgIpc) is 3.39. The van der Waals surface area contributed by atoms with Crippen LogP contribution >= 0.6 is 0 Å². The number of rotatable bonds is 10. The molecule has 0 spiro atoms. The molecule has 1 fully saturated rings. The molecular weight excluding hydrogens is 436 g/mol. The summed E-state index contributed by atoms with van der Waals surface area (Å²) in [5.74, 6) is 0.221. The van der Waals surface area contributed by atoms with Crippen LogP contribution in [-0.2, 0) is 26.1 Å². The van der Waals surface area contributed by atoms with E-state index in [1.165, 1.54) is 0 Å². The van der Waals surface area contributed by atoms with Crippen molar-refractivity contribution in [2.45, 2.75) is 49.4 Å². The molecule has 3 atom stereocenters. The van der Waals surface area contributed by atoms with E-state index in [4.69, 9.17) is 4.42 Å². The normalized spacial score (nSPS) is 22.1. The molecule has 0 radical (unpaired) electrons. The van der Waals surface area contributed by atoms with Crippen LogP contribution in [0.5, 0.6) is 0 Å². The van der Waals surface area contributed by atoms with Gasteiger partial charge in [-0.3, -0.25) is 4.90 Å². The smallest absolute Gasteiger partial charge is 0.183 e. The van der Waals surface area contributed by atoms with Gasteiger partial charge in [-0.2, -0.15) is 0 Å². The van der Waals surface area contributed by atoms with Crippen molar-refractivity contribution in [1.29, 1.82) is 0 Å². The van der Waals surface area contributed by atoms with Crippen LogP contribution in [-0.4, -0.2) is 64.2 Å². The molecule has 1 aliphatic heterocycles. The number of likely N-dealkylation sites (N-methyl/N-ethyl adjacent to an activating group) is 1. The lowest BCUT2D eigenvalue weighted by molar-refractivity contribution is 0.185. The van der Waals surface area contributed by atoms with Gasteiger partial charge in [-0.1, -0.05) is 32.9 Å². The second-order valence-corrected chi connectivity index (χ2v) is 12.2. The third-order valence-corrected chi connectivity index (χ3v) is 10.2. The highest BCUT2D eigenvalue weighted by Gasteiger charge is 2.46. The molecule has 1 aromatic heterocycles. The summed E-state index contributed by atoms with van der Waals surface area (Å²) in [4.78, 5) is 2.37. The molecule has 1 aromatic carbocycles. The summed E-state index contributed by atoms with van der Waals surface area (Å²) >= 11 is 0. The van der Waals surface area contributed by atoms with E-state index in [0.717, 1.165) is 30.8 Å². The van der Waals surface area contributed by atoms with Gasteiger partial charge < -0.3 is 9.73 Å². The third kappa shape index (κ3) is 5.39. The van der Waals surface area contributed by atoms with Gasteiger partial charge in [-0.15, -0.1) is 0 Å². The van der Waals surface area contributed by atoms with Crippen LogP contribution in [0.1, 0.15) is 38.1 Å². The van der Waals surface area contributed by atoms with Gasteiger partial charge in [0.15, 0.2) is 19.7 Å². The predicted molar refractivity (Wildman–Crippen MR) is 122 cm³/mol. The molecule has 3 rings (SSSR count). The molecule has 31 heavy (non-hydrogen) atoms. The van der Waals surface area contributed by atoms with Crippen molar-refractivity contribution in [2.24, 2.45) is 0 Å². The van der Waals surface area contributed by atoms with Crippen molar-refractivity contribution in [2.75, 3.05) is 31.1 Å². The van der Waals surface area contributed by atoms with E-state index in [1.54, 1.807) is 30.5 Å². The average molecular weight is 469 g/mol. The SMILES string of the molecule is CCc1ccc(S(=O)(=O)[C@H]2CS(=O)(=O)C[C@@H]2NCC(c2ccco2)N(CC)CC)cc1. The summed E-state index contributed by atoms with van der Waals surface area (Å²) in [7, 11) is -7.26. The quantitative estimate of drug-likeness (QED) is 0.572. The van der Waals surface area contributed by atoms with Gasteiger partial charge in [-0.05, 0) is 49.3 Å². The summed E-state index contributed by atoms with van der Waals surface area (Å²) in [5.41, 5.74) is 1.04. The Bertz CT molecular complexity index is 1040. The van der Waals surface area contributed by atoms with Gasteiger partial charge in [-0.25, -0.2) is 16.8 Å². The number of sulfone groups is 2. The number of hydrogen-bond donors (Lipinski definition) is 1. The maximum Gasteiger partial charge on any atom is 0.183 e. The second-order valence-electron chi connectivity index (χ2n) is 7.93. The minimum Gasteiger partial charge on any atom is -0.468 e. The first kappa shape index (κ1) is 24.0. The van der Waals surface area contributed by atoms with Gasteiger partial charge in [0, 0.05) is 12.6 Å². The van der Waals surface area contributed by atoms with Crippen molar-refractivity contribution < 1.29 is 21.3 Å². The zero-order valence-corrected chi connectivity index (χ0v) is 20.0. The summed E-state index contributed by atoms with van der Waals surface area (Å²) in [6.07, 6.45) is 2.42. The van der Waals surface area contributed by atoms with E-state index >= 15 is 0 Å². The Morgan fingerprint density at radius 3 is 2.32 bits per heavy atom. The van der Waals surface area contributed by atoms with Crippen LogP contribution in [0.3, 0.4) is 0 Å². The van der Waals surface area contributed by atoms with Gasteiger partial charge >= 0.3 is 0 Å². The Labute approximate surface area is 185 Å². The highest BCUT2D eigenvalue weighted by molar-refractivity contribution is 7.96. The Kier molecular flexibility index (Phi) is 7.62. The summed E-state index contributed by atoms with van der Waals surface area (Å²) in [5, 5.41) is 2.25. The first-order valence-electron chi connectivity index (χ1n) is 10.8. The number of aryl methyl sites for hydroxylation is 1. The molecule has 2 heterocycles. The molecule has 7 nitrogen and oxygen atoms in total. The fourth-order valence-corrected chi connectivity index (χ4v) is 8.94. The minimum absolute atomic E-state index is 0.111. The highest BCUT2D eigenvalue weighted by atomic mass is 32.2. The zero-order chi connectivity index (χ0) is 22.6. The molecule has 172 valence electrons. The lowest BCUT2D eigenvalue weighted by Crippen LogP contribution is -2.47. The van der Waals surface area contributed by atoms with E-state index in [-0.39, 0.29) is 22.4 Å². The second kappa shape index (κ2) is 9.85. The molecule has 9 heteroatoms. The van der Waals surface area contributed by atoms with Gasteiger partial charge in [0.05, 0.1) is 34.0 Å². The number of hydrogen-bond acceptors (Lipinski definition) is 7. The maximum absolute atomic E-state index is 13.3. The molecule has 1 aliphatic rings. The largest absolute Gasteiger partial charge is 0.468 e. The molecule has 1 saturated heterocycles. The third-order valence-electron chi connectivity index (χ3n) is 6.06. The van der Waals surface area contributed by atoms with Crippen molar-refractivity contribution in [1.82, 2.24) is 10.2 Å². The number of furan rings is 1.